The van der Waals surface area contributed by atoms with E-state index in [-0.39, 0.29) is 18.3 Å². The van der Waals surface area contributed by atoms with Crippen LogP contribution in [-0.4, -0.2) is 28.4 Å². The van der Waals surface area contributed by atoms with Crippen molar-refractivity contribution >= 4 is 22.5 Å². The molecule has 0 saturated heterocycles. The fourth-order valence-electron chi connectivity index (χ4n) is 4.45. The standard InChI is InChI=1S/C26H21N3O5/c1-15-27-21-9-8-18(34-23-10-6-16-4-2-3-5-20(16)28-25(23)30)13-19(21)26(31)29(15)17-7-11-22-24(12-17)33-14-32-22/h2-5,7-9,11-13,23H,6,10,14H2,1H3,(H,28,30)/t23-/m1/s1. The lowest BCUT2D eigenvalue weighted by Crippen LogP contribution is -2.31. The number of ether oxygens (including phenoxy) is 3. The Kier molecular flexibility index (Phi) is 4.72. The third-order valence-corrected chi connectivity index (χ3v) is 6.14. The Morgan fingerprint density at radius 3 is 2.79 bits per heavy atom. The largest absolute Gasteiger partial charge is 0.481 e. The molecule has 8 nitrogen and oxygen atoms in total. The van der Waals surface area contributed by atoms with Crippen LogP contribution < -0.4 is 25.1 Å². The predicted octanol–water partition coefficient (Wildman–Crippen LogP) is 3.76. The number of benzene rings is 3. The van der Waals surface area contributed by atoms with E-state index in [4.69, 9.17) is 14.2 Å². The quantitative estimate of drug-likeness (QED) is 0.506. The van der Waals surface area contributed by atoms with Crippen molar-refractivity contribution in [2.75, 3.05) is 12.1 Å². The van der Waals surface area contributed by atoms with E-state index < -0.39 is 6.10 Å². The van der Waals surface area contributed by atoms with Crippen LogP contribution in [0.4, 0.5) is 5.69 Å². The van der Waals surface area contributed by atoms with Crippen molar-refractivity contribution in [2.45, 2.75) is 25.9 Å². The highest BCUT2D eigenvalue weighted by Crippen LogP contribution is 2.34. The van der Waals surface area contributed by atoms with Crippen LogP contribution in [-0.2, 0) is 11.2 Å². The molecule has 0 bridgehead atoms. The van der Waals surface area contributed by atoms with E-state index in [0.717, 1.165) is 11.3 Å². The number of aryl methyl sites for hydroxylation is 2. The van der Waals surface area contributed by atoms with E-state index in [1.54, 1.807) is 43.3 Å². The lowest BCUT2D eigenvalue weighted by atomic mass is 10.1. The second kappa shape index (κ2) is 7.91. The van der Waals surface area contributed by atoms with Gasteiger partial charge in [0.1, 0.15) is 11.6 Å². The van der Waals surface area contributed by atoms with Gasteiger partial charge in [0.05, 0.1) is 16.6 Å². The Morgan fingerprint density at radius 2 is 1.88 bits per heavy atom. The molecule has 2 aliphatic heterocycles. The number of para-hydroxylation sites is 1. The average molecular weight is 455 g/mol. The summed E-state index contributed by atoms with van der Waals surface area (Å²) >= 11 is 0. The maximum absolute atomic E-state index is 13.5. The summed E-state index contributed by atoms with van der Waals surface area (Å²) in [4.78, 5) is 30.8. The average Bonchev–Trinajstić information content (AvgIpc) is 3.24. The first-order chi connectivity index (χ1) is 16.6. The normalized spacial score (nSPS) is 16.6. The molecular formula is C26H21N3O5. The maximum Gasteiger partial charge on any atom is 0.266 e. The van der Waals surface area contributed by atoms with Gasteiger partial charge < -0.3 is 19.5 Å². The summed E-state index contributed by atoms with van der Waals surface area (Å²) in [5.41, 5.74) is 2.85. The zero-order chi connectivity index (χ0) is 23.2. The van der Waals surface area contributed by atoms with Crippen LogP contribution in [0.5, 0.6) is 17.2 Å². The van der Waals surface area contributed by atoms with Crippen molar-refractivity contribution in [3.05, 3.63) is 82.4 Å². The van der Waals surface area contributed by atoms with Gasteiger partial charge in [-0.1, -0.05) is 18.2 Å². The number of anilines is 1. The van der Waals surface area contributed by atoms with Crippen LogP contribution in [0.3, 0.4) is 0 Å². The van der Waals surface area contributed by atoms with E-state index in [9.17, 15) is 9.59 Å². The van der Waals surface area contributed by atoms with Gasteiger partial charge in [-0.25, -0.2) is 4.98 Å². The molecule has 1 aromatic heterocycles. The highest BCUT2D eigenvalue weighted by atomic mass is 16.7. The molecule has 0 spiro atoms. The Morgan fingerprint density at radius 1 is 1.03 bits per heavy atom. The molecule has 0 radical (unpaired) electrons. The van der Waals surface area contributed by atoms with E-state index in [2.05, 4.69) is 10.3 Å². The molecule has 34 heavy (non-hydrogen) atoms. The maximum atomic E-state index is 13.5. The monoisotopic (exact) mass is 455 g/mol. The van der Waals surface area contributed by atoms with Crippen LogP contribution in [0.25, 0.3) is 16.6 Å². The Labute approximate surface area is 194 Å². The number of hydrogen-bond donors (Lipinski definition) is 1. The summed E-state index contributed by atoms with van der Waals surface area (Å²) in [5, 5.41) is 3.34. The van der Waals surface area contributed by atoms with E-state index in [0.29, 0.717) is 52.5 Å². The molecule has 0 aliphatic carbocycles. The van der Waals surface area contributed by atoms with Gasteiger partial charge in [0.25, 0.3) is 11.5 Å². The third-order valence-electron chi connectivity index (χ3n) is 6.14. The molecule has 3 heterocycles. The summed E-state index contributed by atoms with van der Waals surface area (Å²) in [5.74, 6) is 2.01. The second-order valence-electron chi connectivity index (χ2n) is 8.31. The minimum absolute atomic E-state index is 0.156. The Bertz CT molecular complexity index is 1510. The topological polar surface area (TPSA) is 91.7 Å². The number of carbonyl (C=O) groups excluding carboxylic acids is 1. The second-order valence-corrected chi connectivity index (χ2v) is 8.31. The van der Waals surface area contributed by atoms with Crippen molar-refractivity contribution in [3.63, 3.8) is 0 Å². The summed E-state index contributed by atoms with van der Waals surface area (Å²) in [6.45, 7) is 1.94. The smallest absolute Gasteiger partial charge is 0.266 e. The molecule has 3 aromatic carbocycles. The molecule has 4 aromatic rings. The molecule has 6 rings (SSSR count). The molecule has 8 heteroatoms. The minimum atomic E-state index is -0.667. The van der Waals surface area contributed by atoms with Crippen LogP contribution in [0, 0.1) is 6.92 Å². The van der Waals surface area contributed by atoms with Crippen molar-refractivity contribution < 1.29 is 19.0 Å². The number of amides is 1. The number of nitrogens with zero attached hydrogens (tertiary/aromatic N) is 2. The first kappa shape index (κ1) is 20.3. The van der Waals surface area contributed by atoms with Crippen LogP contribution >= 0.6 is 0 Å². The van der Waals surface area contributed by atoms with E-state index >= 15 is 0 Å². The number of carbonyl (C=O) groups is 1. The summed E-state index contributed by atoms with van der Waals surface area (Å²) in [7, 11) is 0. The molecule has 1 N–H and O–H groups in total. The van der Waals surface area contributed by atoms with Crippen LogP contribution in [0.2, 0.25) is 0 Å². The van der Waals surface area contributed by atoms with Gasteiger partial charge in [-0.05, 0) is 61.7 Å². The van der Waals surface area contributed by atoms with Crippen LogP contribution in [0.1, 0.15) is 17.8 Å². The molecule has 0 fully saturated rings. The minimum Gasteiger partial charge on any atom is -0.481 e. The highest BCUT2D eigenvalue weighted by Gasteiger charge is 2.25. The fraction of sp³-hybridized carbons (Fsp3) is 0.192. The van der Waals surface area contributed by atoms with Crippen molar-refractivity contribution in [3.8, 4) is 22.9 Å². The number of nitrogens with one attached hydrogen (secondary N) is 1. The number of rotatable bonds is 3. The Balaban J connectivity index is 1.34. The number of hydrogen-bond acceptors (Lipinski definition) is 6. The zero-order valence-corrected chi connectivity index (χ0v) is 18.4. The summed E-state index contributed by atoms with van der Waals surface area (Å²) in [6.07, 6.45) is 0.582. The van der Waals surface area contributed by atoms with E-state index in [1.807, 2.05) is 24.3 Å². The summed E-state index contributed by atoms with van der Waals surface area (Å²) < 4.78 is 18.4. The summed E-state index contributed by atoms with van der Waals surface area (Å²) in [6, 6.07) is 18.2. The van der Waals surface area contributed by atoms with Gasteiger partial charge >= 0.3 is 0 Å². The lowest BCUT2D eigenvalue weighted by Gasteiger charge is -2.17. The van der Waals surface area contributed by atoms with Crippen molar-refractivity contribution in [1.82, 2.24) is 9.55 Å². The lowest BCUT2D eigenvalue weighted by molar-refractivity contribution is -0.122. The third kappa shape index (κ3) is 3.44. The number of fused-ring (bicyclic) bond motifs is 3. The highest BCUT2D eigenvalue weighted by molar-refractivity contribution is 5.96. The SMILES string of the molecule is Cc1nc2ccc(O[C@@H]3CCc4ccccc4NC3=O)cc2c(=O)n1-c1ccc2c(c1)OCO2. The molecule has 170 valence electrons. The van der Waals surface area contributed by atoms with Crippen molar-refractivity contribution in [2.24, 2.45) is 0 Å². The van der Waals surface area contributed by atoms with E-state index in [1.165, 1.54) is 4.57 Å². The van der Waals surface area contributed by atoms with Gasteiger partial charge in [0.15, 0.2) is 17.6 Å². The molecular weight excluding hydrogens is 434 g/mol. The molecule has 0 unspecified atom stereocenters. The van der Waals surface area contributed by atoms with Gasteiger partial charge in [-0.3, -0.25) is 14.2 Å². The van der Waals surface area contributed by atoms with Gasteiger partial charge in [-0.2, -0.15) is 0 Å². The van der Waals surface area contributed by atoms with Gasteiger partial charge in [-0.15, -0.1) is 0 Å². The van der Waals surface area contributed by atoms with Crippen molar-refractivity contribution in [1.29, 1.82) is 0 Å². The van der Waals surface area contributed by atoms with Gasteiger partial charge in [0, 0.05) is 11.8 Å². The van der Waals surface area contributed by atoms with Gasteiger partial charge in [0.2, 0.25) is 6.79 Å². The predicted molar refractivity (Wildman–Crippen MR) is 126 cm³/mol. The first-order valence-corrected chi connectivity index (χ1v) is 11.1. The number of aromatic nitrogens is 2. The molecule has 0 saturated carbocycles. The molecule has 2 aliphatic rings. The molecule has 1 amide bonds. The zero-order valence-electron chi connectivity index (χ0n) is 18.4. The van der Waals surface area contributed by atoms with Crippen LogP contribution in [0.15, 0.2) is 65.5 Å². The first-order valence-electron chi connectivity index (χ1n) is 11.1. The molecule has 1 atom stereocenters. The fourth-order valence-corrected chi connectivity index (χ4v) is 4.45. The Hall–Kier alpha value is -4.33.